The van der Waals surface area contributed by atoms with Gasteiger partial charge in [-0.2, -0.15) is 0 Å². The second kappa shape index (κ2) is 5.80. The van der Waals surface area contributed by atoms with Gasteiger partial charge in [0.2, 0.25) is 0 Å². The summed E-state index contributed by atoms with van der Waals surface area (Å²) in [6.45, 7) is 4.90. The van der Waals surface area contributed by atoms with Crippen LogP contribution in [0.15, 0.2) is 24.3 Å². The van der Waals surface area contributed by atoms with Crippen molar-refractivity contribution in [1.29, 1.82) is 0 Å². The van der Waals surface area contributed by atoms with Gasteiger partial charge in [-0.1, -0.05) is 31.5 Å². The van der Waals surface area contributed by atoms with Gasteiger partial charge in [0.05, 0.1) is 6.10 Å². The molecule has 1 saturated heterocycles. The number of anilines is 1. The highest BCUT2D eigenvalue weighted by molar-refractivity contribution is 6.39. The summed E-state index contributed by atoms with van der Waals surface area (Å²) in [4.78, 5) is 26.3. The molecule has 1 aliphatic carbocycles. The molecule has 0 spiro atoms. The summed E-state index contributed by atoms with van der Waals surface area (Å²) in [5.41, 5.74) is 0.376. The number of halogens is 1. The molecule has 2 fully saturated rings. The van der Waals surface area contributed by atoms with Gasteiger partial charge >= 0.3 is 11.8 Å². The van der Waals surface area contributed by atoms with Crippen LogP contribution in [0.3, 0.4) is 0 Å². The van der Waals surface area contributed by atoms with E-state index in [-0.39, 0.29) is 17.6 Å². The number of carbonyl (C=O) groups excluding carboxylic acids is 2. The zero-order valence-corrected chi connectivity index (χ0v) is 14.3. The largest absolute Gasteiger partial charge is 0.377 e. The number of benzene rings is 1. The second-order valence-electron chi connectivity index (χ2n) is 6.89. The van der Waals surface area contributed by atoms with Gasteiger partial charge in [0, 0.05) is 41.7 Å². The number of fused-ring (bicyclic) bond motifs is 1. The van der Waals surface area contributed by atoms with Crippen molar-refractivity contribution in [3.05, 3.63) is 29.3 Å². The first-order valence-electron chi connectivity index (χ1n) is 7.77. The number of amides is 2. The Morgan fingerprint density at radius 1 is 1.39 bits per heavy atom. The van der Waals surface area contributed by atoms with Gasteiger partial charge in [0.25, 0.3) is 0 Å². The van der Waals surface area contributed by atoms with Crippen LogP contribution in [-0.2, 0) is 14.3 Å². The maximum absolute atomic E-state index is 12.5. The van der Waals surface area contributed by atoms with Gasteiger partial charge in [0.1, 0.15) is 0 Å². The average molecular weight is 337 g/mol. The Bertz CT molecular complexity index is 646. The molecule has 1 aromatic rings. The summed E-state index contributed by atoms with van der Waals surface area (Å²) in [7, 11) is 1.70. The summed E-state index contributed by atoms with van der Waals surface area (Å²) in [6, 6.07) is 6.77. The van der Waals surface area contributed by atoms with E-state index in [1.54, 1.807) is 36.2 Å². The van der Waals surface area contributed by atoms with Crippen LogP contribution in [0.25, 0.3) is 0 Å². The predicted octanol–water partition coefficient (Wildman–Crippen LogP) is 2.55. The van der Waals surface area contributed by atoms with Crippen molar-refractivity contribution in [2.75, 3.05) is 19.0 Å². The fraction of sp³-hybridized carbons (Fsp3) is 0.529. The minimum atomic E-state index is -0.645. The van der Waals surface area contributed by atoms with Crippen molar-refractivity contribution in [3.8, 4) is 0 Å². The highest BCUT2D eigenvalue weighted by Crippen LogP contribution is 2.54. The Balaban J connectivity index is 1.69. The molecular weight excluding hydrogens is 316 g/mol. The Hall–Kier alpha value is -1.59. The Labute approximate surface area is 140 Å². The molecule has 0 bridgehead atoms. The smallest absolute Gasteiger partial charge is 0.313 e. The van der Waals surface area contributed by atoms with Gasteiger partial charge in [-0.25, -0.2) is 0 Å². The van der Waals surface area contributed by atoms with Crippen LogP contribution in [-0.4, -0.2) is 42.5 Å². The van der Waals surface area contributed by atoms with Crippen molar-refractivity contribution in [3.63, 3.8) is 0 Å². The SMILES string of the molecule is CN(C(=O)C(=O)Nc1cccc(Cl)c1)[C@@H]1[C@@H]2CCO[C@H]2C1(C)C. The first kappa shape index (κ1) is 16.3. The van der Waals surface area contributed by atoms with Gasteiger partial charge in [0.15, 0.2) is 0 Å². The van der Waals surface area contributed by atoms with Crippen molar-refractivity contribution >= 4 is 29.1 Å². The van der Waals surface area contributed by atoms with Crippen LogP contribution in [0, 0.1) is 11.3 Å². The van der Waals surface area contributed by atoms with E-state index >= 15 is 0 Å². The second-order valence-corrected chi connectivity index (χ2v) is 7.33. The number of ether oxygens (including phenoxy) is 1. The zero-order chi connectivity index (χ0) is 16.8. The molecule has 1 saturated carbocycles. The summed E-state index contributed by atoms with van der Waals surface area (Å²) >= 11 is 5.89. The molecule has 5 nitrogen and oxygen atoms in total. The van der Waals surface area contributed by atoms with Gasteiger partial charge in [-0.15, -0.1) is 0 Å². The number of hydrogen-bond acceptors (Lipinski definition) is 3. The summed E-state index contributed by atoms with van der Waals surface area (Å²) < 4.78 is 5.74. The molecule has 6 heteroatoms. The third kappa shape index (κ3) is 2.72. The number of nitrogens with one attached hydrogen (secondary N) is 1. The maximum atomic E-state index is 12.5. The molecule has 1 N–H and O–H groups in total. The normalized spacial score (nSPS) is 27.7. The maximum Gasteiger partial charge on any atom is 0.313 e. The third-order valence-electron chi connectivity index (χ3n) is 5.05. The number of carbonyl (C=O) groups is 2. The van der Waals surface area contributed by atoms with E-state index < -0.39 is 11.8 Å². The third-order valence-corrected chi connectivity index (χ3v) is 5.29. The lowest BCUT2D eigenvalue weighted by molar-refractivity contribution is -0.169. The molecule has 1 heterocycles. The number of rotatable bonds is 2. The topological polar surface area (TPSA) is 58.6 Å². The molecule has 0 radical (unpaired) electrons. The van der Waals surface area contributed by atoms with E-state index in [1.165, 1.54) is 0 Å². The number of hydrogen-bond donors (Lipinski definition) is 1. The lowest BCUT2D eigenvalue weighted by Gasteiger charge is -2.57. The quantitative estimate of drug-likeness (QED) is 0.844. The van der Waals surface area contributed by atoms with Crippen molar-refractivity contribution in [2.45, 2.75) is 32.4 Å². The molecule has 1 aliphatic heterocycles. The minimum Gasteiger partial charge on any atom is -0.377 e. The van der Waals surface area contributed by atoms with E-state index in [4.69, 9.17) is 16.3 Å². The summed E-state index contributed by atoms with van der Waals surface area (Å²) in [5.74, 6) is -0.862. The summed E-state index contributed by atoms with van der Waals surface area (Å²) in [6.07, 6.45) is 1.12. The molecule has 0 unspecified atom stereocenters. The highest BCUT2D eigenvalue weighted by atomic mass is 35.5. The molecule has 2 aliphatic rings. The fourth-order valence-electron chi connectivity index (χ4n) is 4.12. The van der Waals surface area contributed by atoms with Crippen molar-refractivity contribution in [1.82, 2.24) is 4.90 Å². The van der Waals surface area contributed by atoms with Crippen molar-refractivity contribution in [2.24, 2.45) is 11.3 Å². The van der Waals surface area contributed by atoms with Crippen molar-refractivity contribution < 1.29 is 14.3 Å². The van der Waals surface area contributed by atoms with Gasteiger partial charge < -0.3 is 15.0 Å². The lowest BCUT2D eigenvalue weighted by atomic mass is 9.57. The van der Waals surface area contributed by atoms with Crippen LogP contribution >= 0.6 is 11.6 Å². The molecule has 3 atom stereocenters. The van der Waals surface area contributed by atoms with E-state index in [9.17, 15) is 9.59 Å². The van der Waals surface area contributed by atoms with E-state index in [0.717, 1.165) is 13.0 Å². The van der Waals surface area contributed by atoms with E-state index in [2.05, 4.69) is 19.2 Å². The van der Waals surface area contributed by atoms with Crippen LogP contribution in [0.4, 0.5) is 5.69 Å². The monoisotopic (exact) mass is 336 g/mol. The molecule has 2 amide bonds. The number of likely N-dealkylation sites (N-methyl/N-ethyl adjacent to an activating group) is 1. The first-order chi connectivity index (χ1) is 10.8. The molecular formula is C17H21ClN2O3. The lowest BCUT2D eigenvalue weighted by Crippen LogP contribution is -2.67. The average Bonchev–Trinajstić information content (AvgIpc) is 2.92. The van der Waals surface area contributed by atoms with Crippen LogP contribution in [0.2, 0.25) is 5.02 Å². The highest BCUT2D eigenvalue weighted by Gasteiger charge is 2.61. The van der Waals surface area contributed by atoms with Gasteiger partial charge in [-0.05, 0) is 24.6 Å². The predicted molar refractivity (Wildman–Crippen MR) is 88.3 cm³/mol. The number of nitrogens with zero attached hydrogens (tertiary/aromatic N) is 1. The fourth-order valence-corrected chi connectivity index (χ4v) is 4.31. The molecule has 0 aromatic heterocycles. The standard InChI is InChI=1S/C17H21ClN2O3/c1-17(2)13(12-7-8-23-14(12)17)20(3)16(22)15(21)19-11-6-4-5-10(18)9-11/h4-6,9,12-14H,7-8H2,1-3H3,(H,19,21)/t12-,13+,14+/m0/s1. The van der Waals surface area contributed by atoms with Gasteiger partial charge in [-0.3, -0.25) is 9.59 Å². The Morgan fingerprint density at radius 2 is 2.13 bits per heavy atom. The molecule has 1 aromatic carbocycles. The molecule has 23 heavy (non-hydrogen) atoms. The Morgan fingerprint density at radius 3 is 2.83 bits per heavy atom. The van der Waals surface area contributed by atoms with Crippen LogP contribution in [0.5, 0.6) is 0 Å². The molecule has 124 valence electrons. The zero-order valence-electron chi connectivity index (χ0n) is 13.5. The van der Waals surface area contributed by atoms with E-state index in [0.29, 0.717) is 16.6 Å². The van der Waals surface area contributed by atoms with Crippen LogP contribution < -0.4 is 5.32 Å². The summed E-state index contributed by atoms with van der Waals surface area (Å²) in [5, 5.41) is 3.12. The van der Waals surface area contributed by atoms with E-state index in [1.807, 2.05) is 0 Å². The molecule has 3 rings (SSSR count). The first-order valence-corrected chi connectivity index (χ1v) is 8.15. The Kier molecular flexibility index (Phi) is 4.10. The van der Waals surface area contributed by atoms with Crippen LogP contribution in [0.1, 0.15) is 20.3 Å². The minimum absolute atomic E-state index is 0.0209.